The van der Waals surface area contributed by atoms with Crippen LogP contribution in [0.1, 0.15) is 23.0 Å². The lowest BCUT2D eigenvalue weighted by atomic mass is 10.2. The number of esters is 1. The maximum Gasteiger partial charge on any atom is 0.325 e. The molecule has 6 heteroatoms. The number of nitrogens with two attached hydrogens (primary N) is 1. The number of pyridine rings is 1. The van der Waals surface area contributed by atoms with Crippen LogP contribution in [0.2, 0.25) is 0 Å². The van der Waals surface area contributed by atoms with Gasteiger partial charge in [0.05, 0.1) is 13.2 Å². The van der Waals surface area contributed by atoms with Crippen molar-refractivity contribution in [1.29, 1.82) is 0 Å². The Hall–Kier alpha value is -2.39. The Morgan fingerprint density at radius 1 is 1.45 bits per heavy atom. The average Bonchev–Trinajstić information content (AvgIpc) is 2.45. The standard InChI is InChI=1S/C14H17N3O3/c1-3-20-13(18)10-17(2)14(19)12-7-6-11(9-16-12)5-4-8-15/h6-7,9H,3,8,10,15H2,1-2H3. The number of carbonyl (C=O) groups excluding carboxylic acids is 2. The van der Waals surface area contributed by atoms with Gasteiger partial charge in [0.2, 0.25) is 0 Å². The minimum atomic E-state index is -0.450. The first-order valence-electron chi connectivity index (χ1n) is 6.14. The molecular formula is C14H17N3O3. The molecule has 20 heavy (non-hydrogen) atoms. The average molecular weight is 275 g/mol. The molecule has 0 aliphatic heterocycles. The molecule has 2 N–H and O–H groups in total. The maximum atomic E-state index is 12.0. The van der Waals surface area contributed by atoms with Gasteiger partial charge in [-0.15, -0.1) is 0 Å². The Labute approximate surface area is 117 Å². The van der Waals surface area contributed by atoms with Crippen LogP contribution in [0, 0.1) is 11.8 Å². The highest BCUT2D eigenvalue weighted by Gasteiger charge is 2.16. The Bertz CT molecular complexity index is 529. The van der Waals surface area contributed by atoms with Crippen LogP contribution < -0.4 is 5.73 Å². The molecule has 0 bridgehead atoms. The van der Waals surface area contributed by atoms with E-state index < -0.39 is 5.97 Å². The lowest BCUT2D eigenvalue weighted by molar-refractivity contribution is -0.143. The summed E-state index contributed by atoms with van der Waals surface area (Å²) >= 11 is 0. The van der Waals surface area contributed by atoms with E-state index in [0.29, 0.717) is 5.56 Å². The Morgan fingerprint density at radius 2 is 2.20 bits per heavy atom. The molecule has 0 aliphatic carbocycles. The fourth-order valence-electron chi connectivity index (χ4n) is 1.42. The van der Waals surface area contributed by atoms with Gasteiger partial charge in [-0.2, -0.15) is 0 Å². The monoisotopic (exact) mass is 275 g/mol. The number of likely N-dealkylation sites (N-methyl/N-ethyl adjacent to an activating group) is 1. The van der Waals surface area contributed by atoms with Gasteiger partial charge in [0.15, 0.2) is 0 Å². The largest absolute Gasteiger partial charge is 0.465 e. The molecule has 0 unspecified atom stereocenters. The molecule has 0 saturated carbocycles. The van der Waals surface area contributed by atoms with Crippen molar-refractivity contribution < 1.29 is 14.3 Å². The second kappa shape index (κ2) is 7.92. The van der Waals surface area contributed by atoms with Gasteiger partial charge in [0.25, 0.3) is 5.91 Å². The highest BCUT2D eigenvalue weighted by Crippen LogP contribution is 2.02. The third-order valence-corrected chi connectivity index (χ3v) is 2.34. The quantitative estimate of drug-likeness (QED) is 0.619. The zero-order chi connectivity index (χ0) is 15.0. The highest BCUT2D eigenvalue weighted by atomic mass is 16.5. The molecule has 0 spiro atoms. The maximum absolute atomic E-state index is 12.0. The zero-order valence-corrected chi connectivity index (χ0v) is 11.5. The Morgan fingerprint density at radius 3 is 2.75 bits per heavy atom. The van der Waals surface area contributed by atoms with Crippen LogP contribution in [0.4, 0.5) is 0 Å². The molecule has 106 valence electrons. The van der Waals surface area contributed by atoms with Crippen molar-refractivity contribution >= 4 is 11.9 Å². The van der Waals surface area contributed by atoms with Gasteiger partial charge in [0, 0.05) is 18.8 Å². The van der Waals surface area contributed by atoms with E-state index in [1.165, 1.54) is 18.1 Å². The molecule has 0 atom stereocenters. The van der Waals surface area contributed by atoms with E-state index in [-0.39, 0.29) is 31.3 Å². The summed E-state index contributed by atoms with van der Waals surface area (Å²) in [6.07, 6.45) is 1.49. The van der Waals surface area contributed by atoms with Gasteiger partial charge < -0.3 is 15.4 Å². The zero-order valence-electron chi connectivity index (χ0n) is 11.5. The second-order valence-electron chi connectivity index (χ2n) is 3.90. The summed E-state index contributed by atoms with van der Waals surface area (Å²) in [5, 5.41) is 0. The fraction of sp³-hybridized carbons (Fsp3) is 0.357. The topological polar surface area (TPSA) is 85.5 Å². The minimum absolute atomic E-state index is 0.108. The van der Waals surface area contributed by atoms with Crippen molar-refractivity contribution in [3.05, 3.63) is 29.6 Å². The SMILES string of the molecule is CCOC(=O)CN(C)C(=O)c1ccc(C#CCN)cn1. The lowest BCUT2D eigenvalue weighted by Gasteiger charge is -2.15. The van der Waals surface area contributed by atoms with Crippen LogP contribution >= 0.6 is 0 Å². The molecule has 0 radical (unpaired) electrons. The molecular weight excluding hydrogens is 258 g/mol. The fourth-order valence-corrected chi connectivity index (χ4v) is 1.42. The summed E-state index contributed by atoms with van der Waals surface area (Å²) in [6, 6.07) is 3.24. The number of aromatic nitrogens is 1. The molecule has 6 nitrogen and oxygen atoms in total. The molecule has 1 aromatic rings. The Balaban J connectivity index is 2.69. The summed E-state index contributed by atoms with van der Waals surface area (Å²) in [5.74, 6) is 4.71. The molecule has 1 amide bonds. The van der Waals surface area contributed by atoms with Crippen LogP contribution in [-0.2, 0) is 9.53 Å². The molecule has 1 aromatic heterocycles. The van der Waals surface area contributed by atoms with E-state index in [1.54, 1.807) is 19.1 Å². The van der Waals surface area contributed by atoms with Crippen LogP contribution in [0.5, 0.6) is 0 Å². The number of hydrogen-bond acceptors (Lipinski definition) is 5. The van der Waals surface area contributed by atoms with Crippen LogP contribution in [0.15, 0.2) is 18.3 Å². The van der Waals surface area contributed by atoms with E-state index in [0.717, 1.165) is 0 Å². The summed E-state index contributed by atoms with van der Waals surface area (Å²) in [6.45, 7) is 2.15. The van der Waals surface area contributed by atoms with E-state index in [9.17, 15) is 9.59 Å². The Kier molecular flexibility index (Phi) is 6.20. The summed E-state index contributed by atoms with van der Waals surface area (Å²) < 4.78 is 4.78. The summed E-state index contributed by atoms with van der Waals surface area (Å²) in [4.78, 5) is 28.6. The third-order valence-electron chi connectivity index (χ3n) is 2.34. The molecule has 1 rings (SSSR count). The minimum Gasteiger partial charge on any atom is -0.465 e. The number of carbonyl (C=O) groups is 2. The van der Waals surface area contributed by atoms with Crippen molar-refractivity contribution in [3.63, 3.8) is 0 Å². The van der Waals surface area contributed by atoms with Gasteiger partial charge in [-0.05, 0) is 19.1 Å². The van der Waals surface area contributed by atoms with E-state index >= 15 is 0 Å². The predicted molar refractivity (Wildman–Crippen MR) is 73.8 cm³/mol. The van der Waals surface area contributed by atoms with Crippen LogP contribution in [0.3, 0.4) is 0 Å². The summed E-state index contributed by atoms with van der Waals surface area (Å²) in [7, 11) is 1.52. The molecule has 0 saturated heterocycles. The van der Waals surface area contributed by atoms with E-state index in [2.05, 4.69) is 16.8 Å². The van der Waals surface area contributed by atoms with Gasteiger partial charge in [-0.3, -0.25) is 9.59 Å². The van der Waals surface area contributed by atoms with Gasteiger partial charge in [-0.1, -0.05) is 11.8 Å². The third kappa shape index (κ3) is 4.71. The van der Waals surface area contributed by atoms with Gasteiger partial charge in [-0.25, -0.2) is 4.98 Å². The first kappa shape index (κ1) is 15.7. The van der Waals surface area contributed by atoms with Crippen molar-refractivity contribution in [2.45, 2.75) is 6.92 Å². The molecule has 0 aromatic carbocycles. The lowest BCUT2D eigenvalue weighted by Crippen LogP contribution is -2.33. The predicted octanol–water partition coefficient (Wildman–Crippen LogP) is 0.0269. The first-order valence-corrected chi connectivity index (χ1v) is 6.14. The summed E-state index contributed by atoms with van der Waals surface area (Å²) in [5.41, 5.74) is 6.19. The van der Waals surface area contributed by atoms with Gasteiger partial charge in [0.1, 0.15) is 12.2 Å². The number of hydrogen-bond donors (Lipinski definition) is 1. The second-order valence-corrected chi connectivity index (χ2v) is 3.90. The van der Waals surface area contributed by atoms with E-state index in [1.807, 2.05) is 0 Å². The number of amides is 1. The van der Waals surface area contributed by atoms with Crippen molar-refractivity contribution in [3.8, 4) is 11.8 Å². The number of nitrogens with zero attached hydrogens (tertiary/aromatic N) is 2. The van der Waals surface area contributed by atoms with Crippen molar-refractivity contribution in [2.75, 3.05) is 26.7 Å². The van der Waals surface area contributed by atoms with E-state index in [4.69, 9.17) is 10.5 Å². The molecule has 0 aliphatic rings. The van der Waals surface area contributed by atoms with Gasteiger partial charge >= 0.3 is 5.97 Å². The van der Waals surface area contributed by atoms with Crippen LogP contribution in [0.25, 0.3) is 0 Å². The highest BCUT2D eigenvalue weighted by molar-refractivity contribution is 5.94. The first-order chi connectivity index (χ1) is 9.58. The number of ether oxygens (including phenoxy) is 1. The smallest absolute Gasteiger partial charge is 0.325 e. The van der Waals surface area contributed by atoms with Crippen LogP contribution in [-0.4, -0.2) is 48.5 Å². The normalized spacial score (nSPS) is 9.35. The molecule has 0 fully saturated rings. The van der Waals surface area contributed by atoms with Crippen molar-refractivity contribution in [2.24, 2.45) is 5.73 Å². The van der Waals surface area contributed by atoms with Crippen molar-refractivity contribution in [1.82, 2.24) is 9.88 Å². The number of rotatable bonds is 4. The molecule has 1 heterocycles.